The van der Waals surface area contributed by atoms with E-state index in [1.165, 1.54) is 4.90 Å². The van der Waals surface area contributed by atoms with E-state index < -0.39 is 0 Å². The SMILES string of the molecule is CSc1ccc(C2CC(=O)Nc3c2c(-c2ccccc2)nn3-c2nc(C)cc(C)n2)cc1. The number of benzene rings is 2. The number of carbonyl (C=O) groups is 1. The van der Waals surface area contributed by atoms with Crippen molar-refractivity contribution in [3.8, 4) is 17.2 Å². The predicted octanol–water partition coefficient (Wildman–Crippen LogP) is 5.14. The van der Waals surface area contributed by atoms with Gasteiger partial charge in [-0.3, -0.25) is 4.79 Å². The second-order valence-electron chi connectivity index (χ2n) is 7.92. The number of anilines is 1. The molecule has 4 aromatic rings. The molecule has 7 heteroatoms. The van der Waals surface area contributed by atoms with Crippen molar-refractivity contribution < 1.29 is 4.79 Å². The lowest BCUT2D eigenvalue weighted by molar-refractivity contribution is -0.116. The second-order valence-corrected chi connectivity index (χ2v) is 8.80. The first-order valence-corrected chi connectivity index (χ1v) is 11.7. The van der Waals surface area contributed by atoms with Gasteiger partial charge in [0.05, 0.1) is 5.69 Å². The average Bonchev–Trinajstić information content (AvgIpc) is 3.18. The molecule has 2 aromatic carbocycles. The summed E-state index contributed by atoms with van der Waals surface area (Å²) in [4.78, 5) is 23.2. The number of fused-ring (bicyclic) bond motifs is 1. The number of aromatic nitrogens is 4. The van der Waals surface area contributed by atoms with E-state index >= 15 is 0 Å². The molecule has 5 rings (SSSR count). The van der Waals surface area contributed by atoms with Gasteiger partial charge < -0.3 is 5.32 Å². The lowest BCUT2D eigenvalue weighted by Gasteiger charge is -2.24. The Morgan fingerprint density at radius 3 is 2.34 bits per heavy atom. The maximum Gasteiger partial charge on any atom is 0.252 e. The van der Waals surface area contributed by atoms with E-state index in [2.05, 4.69) is 45.8 Å². The molecule has 160 valence electrons. The van der Waals surface area contributed by atoms with Gasteiger partial charge in [0.15, 0.2) is 0 Å². The monoisotopic (exact) mass is 441 g/mol. The van der Waals surface area contributed by atoms with Gasteiger partial charge in [-0.15, -0.1) is 11.8 Å². The minimum absolute atomic E-state index is 0.0402. The minimum atomic E-state index is -0.107. The summed E-state index contributed by atoms with van der Waals surface area (Å²) < 4.78 is 1.68. The van der Waals surface area contributed by atoms with Crippen molar-refractivity contribution in [1.29, 1.82) is 0 Å². The number of nitrogens with zero attached hydrogens (tertiary/aromatic N) is 4. The first-order valence-electron chi connectivity index (χ1n) is 10.5. The highest BCUT2D eigenvalue weighted by atomic mass is 32.2. The maximum atomic E-state index is 12.8. The third kappa shape index (κ3) is 3.69. The molecule has 1 aliphatic heterocycles. The van der Waals surface area contributed by atoms with Crippen LogP contribution in [0.2, 0.25) is 0 Å². The summed E-state index contributed by atoms with van der Waals surface area (Å²) >= 11 is 1.70. The van der Waals surface area contributed by atoms with E-state index in [1.807, 2.05) is 50.2 Å². The molecule has 0 aliphatic carbocycles. The Bertz CT molecular complexity index is 1280. The van der Waals surface area contributed by atoms with Gasteiger partial charge in [-0.05, 0) is 43.9 Å². The lowest BCUT2D eigenvalue weighted by atomic mass is 9.84. The molecule has 0 bridgehead atoms. The molecule has 1 aliphatic rings. The van der Waals surface area contributed by atoms with Crippen molar-refractivity contribution in [3.63, 3.8) is 0 Å². The fraction of sp³-hybridized carbons (Fsp3) is 0.200. The van der Waals surface area contributed by atoms with Crippen LogP contribution >= 0.6 is 11.8 Å². The van der Waals surface area contributed by atoms with E-state index in [1.54, 1.807) is 16.4 Å². The first-order chi connectivity index (χ1) is 15.5. The van der Waals surface area contributed by atoms with Crippen molar-refractivity contribution in [2.75, 3.05) is 11.6 Å². The summed E-state index contributed by atoms with van der Waals surface area (Å²) in [7, 11) is 0. The number of hydrogen-bond donors (Lipinski definition) is 1. The summed E-state index contributed by atoms with van der Waals surface area (Å²) in [6.45, 7) is 3.86. The maximum absolute atomic E-state index is 12.8. The fourth-order valence-corrected chi connectivity index (χ4v) is 4.64. The van der Waals surface area contributed by atoms with Crippen LogP contribution in [0.5, 0.6) is 0 Å². The van der Waals surface area contributed by atoms with Gasteiger partial charge in [-0.1, -0.05) is 42.5 Å². The molecule has 0 spiro atoms. The van der Waals surface area contributed by atoms with Gasteiger partial charge >= 0.3 is 0 Å². The van der Waals surface area contributed by atoms with Crippen molar-refractivity contribution in [1.82, 2.24) is 19.7 Å². The van der Waals surface area contributed by atoms with Crippen molar-refractivity contribution >= 4 is 23.5 Å². The molecule has 3 heterocycles. The van der Waals surface area contributed by atoms with Crippen LogP contribution in [-0.4, -0.2) is 31.9 Å². The van der Waals surface area contributed by atoms with E-state index in [-0.39, 0.29) is 11.8 Å². The Kier molecular flexibility index (Phi) is 5.27. The largest absolute Gasteiger partial charge is 0.310 e. The van der Waals surface area contributed by atoms with Gasteiger partial charge in [-0.2, -0.15) is 9.78 Å². The summed E-state index contributed by atoms with van der Waals surface area (Å²) in [5.74, 6) is 0.953. The standard InChI is InChI=1S/C25H23N5OS/c1-15-13-16(2)27-25(26-15)30-24-22(23(29-30)18-7-5-4-6-8-18)20(14-21(31)28-24)17-9-11-19(32-3)12-10-17/h4-13,20H,14H2,1-3H3,(H,28,31). The zero-order valence-corrected chi connectivity index (χ0v) is 19.0. The lowest BCUT2D eigenvalue weighted by Crippen LogP contribution is -2.25. The molecule has 1 unspecified atom stereocenters. The van der Waals surface area contributed by atoms with Crippen LogP contribution in [0.25, 0.3) is 17.2 Å². The molecule has 1 atom stereocenters. The van der Waals surface area contributed by atoms with E-state index in [0.717, 1.165) is 33.8 Å². The highest BCUT2D eigenvalue weighted by Gasteiger charge is 2.35. The molecule has 32 heavy (non-hydrogen) atoms. The van der Waals surface area contributed by atoms with Gasteiger partial charge in [0.1, 0.15) is 5.82 Å². The Labute approximate surface area is 191 Å². The molecule has 0 saturated heterocycles. The third-order valence-electron chi connectivity index (χ3n) is 5.64. The van der Waals surface area contributed by atoms with Gasteiger partial charge in [0.2, 0.25) is 5.91 Å². The first kappa shape index (κ1) is 20.5. The summed E-state index contributed by atoms with van der Waals surface area (Å²) in [6, 6.07) is 20.4. The highest BCUT2D eigenvalue weighted by molar-refractivity contribution is 7.98. The summed E-state index contributed by atoms with van der Waals surface area (Å²) in [5, 5.41) is 7.99. The molecule has 1 N–H and O–H groups in total. The quantitative estimate of drug-likeness (QED) is 0.444. The molecule has 0 radical (unpaired) electrons. The molecule has 0 fully saturated rings. The van der Waals surface area contributed by atoms with E-state index in [9.17, 15) is 4.79 Å². The summed E-state index contributed by atoms with van der Waals surface area (Å²) in [5.41, 5.74) is 5.62. The van der Waals surface area contributed by atoms with Crippen LogP contribution in [0, 0.1) is 13.8 Å². The average molecular weight is 442 g/mol. The molecular weight excluding hydrogens is 418 g/mol. The number of nitrogens with one attached hydrogen (secondary N) is 1. The van der Waals surface area contributed by atoms with Crippen LogP contribution < -0.4 is 5.32 Å². The number of aryl methyl sites for hydroxylation is 2. The molecule has 1 amide bonds. The Hall–Kier alpha value is -3.45. The van der Waals surface area contributed by atoms with E-state index in [0.29, 0.717) is 18.2 Å². The van der Waals surface area contributed by atoms with Crippen LogP contribution in [0.15, 0.2) is 65.6 Å². The number of thioether (sulfide) groups is 1. The topological polar surface area (TPSA) is 72.7 Å². The smallest absolute Gasteiger partial charge is 0.252 e. The van der Waals surface area contributed by atoms with E-state index in [4.69, 9.17) is 5.10 Å². The molecule has 0 saturated carbocycles. The number of rotatable bonds is 4. The zero-order chi connectivity index (χ0) is 22.2. The Balaban J connectivity index is 1.75. The van der Waals surface area contributed by atoms with Crippen LogP contribution in [-0.2, 0) is 4.79 Å². The third-order valence-corrected chi connectivity index (χ3v) is 6.39. The van der Waals surface area contributed by atoms with Crippen LogP contribution in [0.1, 0.15) is 34.9 Å². The number of carbonyl (C=O) groups excluding carboxylic acids is 1. The van der Waals surface area contributed by atoms with Crippen molar-refractivity contribution in [3.05, 3.63) is 83.2 Å². The minimum Gasteiger partial charge on any atom is -0.310 e. The fourth-order valence-electron chi connectivity index (χ4n) is 4.23. The molecular formula is C25H23N5OS. The van der Waals surface area contributed by atoms with Gasteiger partial charge in [-0.25, -0.2) is 9.97 Å². The Morgan fingerprint density at radius 1 is 1.00 bits per heavy atom. The Morgan fingerprint density at radius 2 is 1.69 bits per heavy atom. The normalized spacial score (nSPS) is 15.3. The number of hydrogen-bond acceptors (Lipinski definition) is 5. The van der Waals surface area contributed by atoms with Crippen LogP contribution in [0.3, 0.4) is 0 Å². The van der Waals surface area contributed by atoms with Gasteiger partial charge in [0, 0.05) is 39.7 Å². The predicted molar refractivity (Wildman–Crippen MR) is 127 cm³/mol. The number of amides is 1. The second kappa shape index (κ2) is 8.24. The van der Waals surface area contributed by atoms with Crippen molar-refractivity contribution in [2.45, 2.75) is 31.1 Å². The highest BCUT2D eigenvalue weighted by Crippen LogP contribution is 2.43. The molecule has 6 nitrogen and oxygen atoms in total. The molecule has 2 aromatic heterocycles. The van der Waals surface area contributed by atoms with Crippen molar-refractivity contribution in [2.24, 2.45) is 0 Å². The zero-order valence-electron chi connectivity index (χ0n) is 18.2. The van der Waals surface area contributed by atoms with Gasteiger partial charge in [0.25, 0.3) is 5.95 Å². The van der Waals surface area contributed by atoms with Crippen LogP contribution in [0.4, 0.5) is 5.82 Å². The summed E-state index contributed by atoms with van der Waals surface area (Å²) in [6.07, 6.45) is 2.42.